The SMILES string of the molecule is CC(C)C(C(N)c1ccccc1)N1CCCC(C)(C)CC1. The number of likely N-dealkylation sites (tertiary alicyclic amines) is 1. The van der Waals surface area contributed by atoms with E-state index in [9.17, 15) is 0 Å². The van der Waals surface area contributed by atoms with E-state index in [1.807, 2.05) is 0 Å². The second kappa shape index (κ2) is 6.93. The van der Waals surface area contributed by atoms with Crippen molar-refractivity contribution in [1.29, 1.82) is 0 Å². The maximum atomic E-state index is 6.65. The van der Waals surface area contributed by atoms with Crippen molar-refractivity contribution in [3.8, 4) is 0 Å². The van der Waals surface area contributed by atoms with Crippen LogP contribution in [0.1, 0.15) is 58.6 Å². The Labute approximate surface area is 130 Å². The molecule has 2 nitrogen and oxygen atoms in total. The minimum Gasteiger partial charge on any atom is -0.323 e. The highest BCUT2D eigenvalue weighted by atomic mass is 15.2. The molecule has 1 fully saturated rings. The van der Waals surface area contributed by atoms with E-state index in [1.165, 1.54) is 37.9 Å². The van der Waals surface area contributed by atoms with Crippen molar-refractivity contribution < 1.29 is 0 Å². The van der Waals surface area contributed by atoms with Crippen LogP contribution in [0.3, 0.4) is 0 Å². The van der Waals surface area contributed by atoms with Crippen LogP contribution in [0.5, 0.6) is 0 Å². The van der Waals surface area contributed by atoms with Gasteiger partial charge in [-0.25, -0.2) is 0 Å². The standard InChI is InChI=1S/C19H32N2/c1-15(2)18(17(20)16-9-6-5-7-10-16)21-13-8-11-19(3,4)12-14-21/h5-7,9-10,15,17-18H,8,11-14,20H2,1-4H3. The molecule has 118 valence electrons. The Bertz CT molecular complexity index is 424. The third-order valence-electron chi connectivity index (χ3n) is 5.03. The lowest BCUT2D eigenvalue weighted by Gasteiger charge is -2.38. The van der Waals surface area contributed by atoms with Crippen LogP contribution in [0, 0.1) is 11.3 Å². The topological polar surface area (TPSA) is 29.3 Å². The van der Waals surface area contributed by atoms with Gasteiger partial charge in [0.2, 0.25) is 0 Å². The zero-order valence-electron chi connectivity index (χ0n) is 14.2. The molecular weight excluding hydrogens is 256 g/mol. The van der Waals surface area contributed by atoms with Gasteiger partial charge in [-0.2, -0.15) is 0 Å². The van der Waals surface area contributed by atoms with Crippen LogP contribution in [0.2, 0.25) is 0 Å². The highest BCUT2D eigenvalue weighted by Crippen LogP contribution is 2.33. The highest BCUT2D eigenvalue weighted by Gasteiger charge is 2.32. The van der Waals surface area contributed by atoms with Crippen molar-refractivity contribution in [2.75, 3.05) is 13.1 Å². The molecule has 0 saturated carbocycles. The molecule has 1 heterocycles. The van der Waals surface area contributed by atoms with Crippen molar-refractivity contribution in [1.82, 2.24) is 4.90 Å². The third-order valence-corrected chi connectivity index (χ3v) is 5.03. The average Bonchev–Trinajstić information content (AvgIpc) is 2.61. The molecule has 0 radical (unpaired) electrons. The lowest BCUT2D eigenvalue weighted by atomic mass is 9.85. The smallest absolute Gasteiger partial charge is 0.0455 e. The largest absolute Gasteiger partial charge is 0.323 e. The third kappa shape index (κ3) is 4.31. The van der Waals surface area contributed by atoms with Gasteiger partial charge in [0.25, 0.3) is 0 Å². The number of rotatable bonds is 4. The lowest BCUT2D eigenvalue weighted by Crippen LogP contribution is -2.46. The molecule has 1 aliphatic rings. The second-order valence-corrected chi connectivity index (χ2v) is 7.72. The van der Waals surface area contributed by atoms with Crippen LogP contribution >= 0.6 is 0 Å². The molecule has 0 aromatic heterocycles. The van der Waals surface area contributed by atoms with Gasteiger partial charge in [0.15, 0.2) is 0 Å². The van der Waals surface area contributed by atoms with Crippen LogP contribution in [0.25, 0.3) is 0 Å². The summed E-state index contributed by atoms with van der Waals surface area (Å²) in [7, 11) is 0. The number of nitrogens with zero attached hydrogens (tertiary/aromatic N) is 1. The first-order valence-electron chi connectivity index (χ1n) is 8.45. The molecule has 0 bridgehead atoms. The molecule has 0 spiro atoms. The van der Waals surface area contributed by atoms with Gasteiger partial charge in [0.1, 0.15) is 0 Å². The molecule has 1 saturated heterocycles. The Balaban J connectivity index is 2.15. The zero-order valence-corrected chi connectivity index (χ0v) is 14.2. The fourth-order valence-electron chi connectivity index (χ4n) is 3.68. The highest BCUT2D eigenvalue weighted by molar-refractivity contribution is 5.20. The van der Waals surface area contributed by atoms with Crippen molar-refractivity contribution >= 4 is 0 Å². The van der Waals surface area contributed by atoms with E-state index in [0.29, 0.717) is 17.4 Å². The molecule has 1 aliphatic heterocycles. The van der Waals surface area contributed by atoms with Gasteiger partial charge in [0, 0.05) is 12.1 Å². The summed E-state index contributed by atoms with van der Waals surface area (Å²) in [5.74, 6) is 0.571. The predicted molar refractivity (Wildman–Crippen MR) is 91.2 cm³/mol. The second-order valence-electron chi connectivity index (χ2n) is 7.72. The van der Waals surface area contributed by atoms with Gasteiger partial charge in [-0.05, 0) is 49.2 Å². The maximum absolute atomic E-state index is 6.65. The Kier molecular flexibility index (Phi) is 5.45. The summed E-state index contributed by atoms with van der Waals surface area (Å²) in [4.78, 5) is 2.65. The molecule has 2 unspecified atom stereocenters. The van der Waals surface area contributed by atoms with Crippen molar-refractivity contribution in [3.05, 3.63) is 35.9 Å². The molecule has 1 aromatic carbocycles. The number of benzene rings is 1. The first-order valence-corrected chi connectivity index (χ1v) is 8.45. The summed E-state index contributed by atoms with van der Waals surface area (Å²) in [6.07, 6.45) is 3.89. The minimum atomic E-state index is 0.104. The molecule has 0 aliphatic carbocycles. The monoisotopic (exact) mass is 288 g/mol. The summed E-state index contributed by atoms with van der Waals surface area (Å²) < 4.78 is 0. The fourth-order valence-corrected chi connectivity index (χ4v) is 3.68. The van der Waals surface area contributed by atoms with Gasteiger partial charge in [-0.3, -0.25) is 4.90 Å². The van der Waals surface area contributed by atoms with Gasteiger partial charge in [0.05, 0.1) is 0 Å². The molecule has 21 heavy (non-hydrogen) atoms. The average molecular weight is 288 g/mol. The normalized spacial score (nSPS) is 22.8. The zero-order chi connectivity index (χ0) is 15.5. The molecule has 2 rings (SSSR count). The number of nitrogens with two attached hydrogens (primary N) is 1. The molecule has 1 aromatic rings. The quantitative estimate of drug-likeness (QED) is 0.898. The summed E-state index contributed by atoms with van der Waals surface area (Å²) in [5, 5.41) is 0. The van der Waals surface area contributed by atoms with Crippen LogP contribution in [0.15, 0.2) is 30.3 Å². The molecular formula is C19H32N2. The summed E-state index contributed by atoms with van der Waals surface area (Å²) >= 11 is 0. The Morgan fingerprint density at radius 2 is 1.71 bits per heavy atom. The summed E-state index contributed by atoms with van der Waals surface area (Å²) in [6.45, 7) is 11.8. The lowest BCUT2D eigenvalue weighted by molar-refractivity contribution is 0.130. The van der Waals surface area contributed by atoms with Crippen LogP contribution in [-0.2, 0) is 0 Å². The molecule has 2 heteroatoms. The van der Waals surface area contributed by atoms with Gasteiger partial charge >= 0.3 is 0 Å². The molecule has 2 atom stereocenters. The van der Waals surface area contributed by atoms with Crippen LogP contribution in [-0.4, -0.2) is 24.0 Å². The van der Waals surface area contributed by atoms with Crippen LogP contribution < -0.4 is 5.73 Å². The van der Waals surface area contributed by atoms with E-state index in [-0.39, 0.29) is 6.04 Å². The van der Waals surface area contributed by atoms with E-state index in [1.54, 1.807) is 0 Å². The van der Waals surface area contributed by atoms with Gasteiger partial charge < -0.3 is 5.73 Å². The summed E-state index contributed by atoms with van der Waals surface area (Å²) in [6, 6.07) is 11.1. The van der Waals surface area contributed by atoms with E-state index in [2.05, 4.69) is 62.9 Å². The fraction of sp³-hybridized carbons (Fsp3) is 0.684. The number of hydrogen-bond acceptors (Lipinski definition) is 2. The Morgan fingerprint density at radius 3 is 2.33 bits per heavy atom. The molecule has 0 amide bonds. The Hall–Kier alpha value is -0.860. The Morgan fingerprint density at radius 1 is 1.05 bits per heavy atom. The number of hydrogen-bond donors (Lipinski definition) is 1. The van der Waals surface area contributed by atoms with Gasteiger partial charge in [-0.15, -0.1) is 0 Å². The molecule has 2 N–H and O–H groups in total. The predicted octanol–water partition coefficient (Wildman–Crippen LogP) is 4.22. The minimum absolute atomic E-state index is 0.104. The summed E-state index contributed by atoms with van der Waals surface area (Å²) in [5.41, 5.74) is 8.39. The first kappa shape index (κ1) is 16.5. The van der Waals surface area contributed by atoms with E-state index >= 15 is 0 Å². The maximum Gasteiger partial charge on any atom is 0.0455 e. The van der Waals surface area contributed by atoms with Crippen molar-refractivity contribution in [2.24, 2.45) is 17.1 Å². The van der Waals surface area contributed by atoms with E-state index < -0.39 is 0 Å². The van der Waals surface area contributed by atoms with Crippen LogP contribution in [0.4, 0.5) is 0 Å². The van der Waals surface area contributed by atoms with E-state index in [0.717, 1.165) is 0 Å². The van der Waals surface area contributed by atoms with Crippen molar-refractivity contribution in [3.63, 3.8) is 0 Å². The van der Waals surface area contributed by atoms with E-state index in [4.69, 9.17) is 5.73 Å². The van der Waals surface area contributed by atoms with Crippen molar-refractivity contribution in [2.45, 2.75) is 59.0 Å². The first-order chi connectivity index (χ1) is 9.91. The van der Waals surface area contributed by atoms with Gasteiger partial charge in [-0.1, -0.05) is 58.0 Å².